The van der Waals surface area contributed by atoms with Crippen molar-refractivity contribution in [3.05, 3.63) is 48.3 Å². The predicted octanol–water partition coefficient (Wildman–Crippen LogP) is 1.88. The number of rotatable bonds is 8. The monoisotopic (exact) mass is 407 g/mol. The molecule has 1 aromatic carbocycles. The molecule has 0 aliphatic carbocycles. The Balaban J connectivity index is 2.09. The minimum atomic E-state index is -3.69. The number of carbonyl (C=O) groups excluding carboxylic acids is 2. The number of sulfonamides is 1. The van der Waals surface area contributed by atoms with Crippen LogP contribution >= 0.6 is 0 Å². The van der Waals surface area contributed by atoms with Crippen LogP contribution < -0.4 is 4.90 Å². The van der Waals surface area contributed by atoms with Gasteiger partial charge in [0, 0.05) is 39.1 Å². The van der Waals surface area contributed by atoms with Crippen molar-refractivity contribution in [1.82, 2.24) is 8.87 Å². The van der Waals surface area contributed by atoms with E-state index in [1.807, 2.05) is 6.07 Å². The fraction of sp³-hybridized carbons (Fsp3) is 0.368. The molecule has 28 heavy (non-hydrogen) atoms. The lowest BCUT2D eigenvalue weighted by atomic mass is 10.3. The average Bonchev–Trinajstić information content (AvgIpc) is 3.09. The van der Waals surface area contributed by atoms with Gasteiger partial charge in [0.1, 0.15) is 10.6 Å². The molecule has 1 heterocycles. The predicted molar refractivity (Wildman–Crippen MR) is 106 cm³/mol. The summed E-state index contributed by atoms with van der Waals surface area (Å²) in [5.41, 5.74) is 0.732. The molecule has 0 bridgehead atoms. The summed E-state index contributed by atoms with van der Waals surface area (Å²) in [7, 11) is -0.550. The maximum Gasteiger partial charge on any atom is 0.355 e. The zero-order valence-corrected chi connectivity index (χ0v) is 17.3. The second-order valence-corrected chi connectivity index (χ2v) is 8.06. The molecule has 1 aromatic heterocycles. The van der Waals surface area contributed by atoms with E-state index in [1.54, 1.807) is 52.2 Å². The van der Waals surface area contributed by atoms with Crippen molar-refractivity contribution in [3.63, 3.8) is 0 Å². The molecule has 0 spiro atoms. The largest absolute Gasteiger partial charge is 0.451 e. The Labute approximate surface area is 165 Å². The van der Waals surface area contributed by atoms with Crippen LogP contribution in [0.5, 0.6) is 0 Å². The number of carbonyl (C=O) groups is 2. The highest BCUT2D eigenvalue weighted by molar-refractivity contribution is 7.89. The Morgan fingerprint density at radius 3 is 2.29 bits per heavy atom. The normalized spacial score (nSPS) is 11.5. The van der Waals surface area contributed by atoms with Gasteiger partial charge >= 0.3 is 5.97 Å². The molecule has 0 saturated carbocycles. The number of ether oxygens (including phenoxy) is 1. The van der Waals surface area contributed by atoms with Crippen molar-refractivity contribution in [2.45, 2.75) is 18.7 Å². The highest BCUT2D eigenvalue weighted by Crippen LogP contribution is 2.19. The summed E-state index contributed by atoms with van der Waals surface area (Å²) in [6.07, 6.45) is 1.36. The molecule has 0 aliphatic rings. The number of likely N-dealkylation sites (N-methyl/N-ethyl adjacent to an activating group) is 1. The molecular formula is C19H25N3O5S. The Bertz CT molecular complexity index is 934. The van der Waals surface area contributed by atoms with Crippen LogP contribution in [-0.2, 0) is 26.6 Å². The van der Waals surface area contributed by atoms with E-state index in [1.165, 1.54) is 26.0 Å². The number of esters is 1. The van der Waals surface area contributed by atoms with Gasteiger partial charge in [0.25, 0.3) is 5.91 Å². The Morgan fingerprint density at radius 1 is 1.11 bits per heavy atom. The standard InChI is InChI=1S/C19H25N3O5S/c1-5-22(6-2)28(25,26)16-12-17(20(3)13-16)19(24)27-14-18(23)21(4)15-10-8-7-9-11-15/h7-13H,5-6,14H2,1-4H3. The first-order valence-electron chi connectivity index (χ1n) is 8.87. The molecule has 0 atom stereocenters. The third-order valence-electron chi connectivity index (χ3n) is 4.38. The maximum atomic E-state index is 12.6. The van der Waals surface area contributed by atoms with Crippen molar-refractivity contribution < 1.29 is 22.7 Å². The molecule has 0 fully saturated rings. The Kier molecular flexibility index (Phi) is 6.98. The van der Waals surface area contributed by atoms with E-state index in [4.69, 9.17) is 4.74 Å². The smallest absolute Gasteiger partial charge is 0.355 e. The summed E-state index contributed by atoms with van der Waals surface area (Å²) in [6.45, 7) is 3.69. The van der Waals surface area contributed by atoms with E-state index in [9.17, 15) is 18.0 Å². The quantitative estimate of drug-likeness (QED) is 0.624. The average molecular weight is 407 g/mol. The van der Waals surface area contributed by atoms with Crippen molar-refractivity contribution >= 4 is 27.6 Å². The van der Waals surface area contributed by atoms with E-state index < -0.39 is 28.5 Å². The SMILES string of the molecule is CCN(CC)S(=O)(=O)c1cc(C(=O)OCC(=O)N(C)c2ccccc2)n(C)c1. The van der Waals surface area contributed by atoms with Gasteiger partial charge in [-0.15, -0.1) is 0 Å². The molecule has 0 N–H and O–H groups in total. The van der Waals surface area contributed by atoms with Gasteiger partial charge in [-0.3, -0.25) is 4.79 Å². The number of aromatic nitrogens is 1. The van der Waals surface area contributed by atoms with Gasteiger partial charge in [-0.25, -0.2) is 13.2 Å². The summed E-state index contributed by atoms with van der Waals surface area (Å²) in [5.74, 6) is -1.16. The van der Waals surface area contributed by atoms with Gasteiger partial charge < -0.3 is 14.2 Å². The van der Waals surface area contributed by atoms with Gasteiger partial charge in [-0.05, 0) is 18.2 Å². The van der Waals surface area contributed by atoms with Crippen LogP contribution in [0.25, 0.3) is 0 Å². The maximum absolute atomic E-state index is 12.6. The number of hydrogen-bond donors (Lipinski definition) is 0. The lowest BCUT2D eigenvalue weighted by Crippen LogP contribution is -2.31. The minimum absolute atomic E-state index is 0.0124. The van der Waals surface area contributed by atoms with Gasteiger partial charge in [0.15, 0.2) is 6.61 Å². The molecule has 0 radical (unpaired) electrons. The van der Waals surface area contributed by atoms with Gasteiger partial charge in [0.2, 0.25) is 10.0 Å². The fourth-order valence-corrected chi connectivity index (χ4v) is 4.21. The first kappa shape index (κ1) is 21.6. The van der Waals surface area contributed by atoms with Crippen LogP contribution in [0, 0.1) is 0 Å². The molecule has 2 rings (SSSR count). The van der Waals surface area contributed by atoms with E-state index in [0.29, 0.717) is 18.8 Å². The van der Waals surface area contributed by atoms with E-state index in [0.717, 1.165) is 0 Å². The number of hydrogen-bond acceptors (Lipinski definition) is 5. The number of benzene rings is 1. The first-order chi connectivity index (χ1) is 13.2. The first-order valence-corrected chi connectivity index (χ1v) is 10.3. The molecule has 1 amide bonds. The number of nitrogens with zero attached hydrogens (tertiary/aromatic N) is 3. The summed E-state index contributed by atoms with van der Waals surface area (Å²) >= 11 is 0. The Hall–Kier alpha value is -2.65. The summed E-state index contributed by atoms with van der Waals surface area (Å²) in [5, 5.41) is 0. The topological polar surface area (TPSA) is 88.9 Å². The van der Waals surface area contributed by atoms with Gasteiger partial charge in [-0.2, -0.15) is 4.31 Å². The second kappa shape index (κ2) is 9.03. The van der Waals surface area contributed by atoms with Crippen LogP contribution in [0.15, 0.2) is 47.5 Å². The number of aryl methyl sites for hydroxylation is 1. The molecule has 9 heteroatoms. The van der Waals surface area contributed by atoms with Crippen molar-refractivity contribution in [2.24, 2.45) is 7.05 Å². The third-order valence-corrected chi connectivity index (χ3v) is 6.39. The molecule has 0 aliphatic heterocycles. The van der Waals surface area contributed by atoms with Crippen LogP contribution in [0.4, 0.5) is 5.69 Å². The van der Waals surface area contributed by atoms with Crippen molar-refractivity contribution in [3.8, 4) is 0 Å². The molecule has 2 aromatic rings. The van der Waals surface area contributed by atoms with Crippen LogP contribution in [-0.4, -0.2) is 55.9 Å². The van der Waals surface area contributed by atoms with Crippen LogP contribution in [0.3, 0.4) is 0 Å². The Morgan fingerprint density at radius 2 is 1.71 bits per heavy atom. The van der Waals surface area contributed by atoms with E-state index >= 15 is 0 Å². The van der Waals surface area contributed by atoms with Crippen molar-refractivity contribution in [2.75, 3.05) is 31.6 Å². The lowest BCUT2D eigenvalue weighted by molar-refractivity contribution is -0.121. The highest BCUT2D eigenvalue weighted by atomic mass is 32.2. The number of anilines is 1. The lowest BCUT2D eigenvalue weighted by Gasteiger charge is -2.17. The van der Waals surface area contributed by atoms with Gasteiger partial charge in [0.05, 0.1) is 0 Å². The number of amides is 1. The summed E-state index contributed by atoms with van der Waals surface area (Å²) in [6, 6.07) is 10.2. The molecular weight excluding hydrogens is 382 g/mol. The van der Waals surface area contributed by atoms with Crippen molar-refractivity contribution in [1.29, 1.82) is 0 Å². The zero-order chi connectivity index (χ0) is 20.9. The van der Waals surface area contributed by atoms with E-state index in [2.05, 4.69) is 0 Å². The molecule has 0 unspecified atom stereocenters. The summed E-state index contributed by atoms with van der Waals surface area (Å²) in [4.78, 5) is 26.0. The fourth-order valence-electron chi connectivity index (χ4n) is 2.68. The highest BCUT2D eigenvalue weighted by Gasteiger charge is 2.26. The van der Waals surface area contributed by atoms with Crippen LogP contribution in [0.2, 0.25) is 0 Å². The molecule has 0 saturated heterocycles. The molecule has 152 valence electrons. The second-order valence-electron chi connectivity index (χ2n) is 6.13. The zero-order valence-electron chi connectivity index (χ0n) is 16.5. The molecule has 8 nitrogen and oxygen atoms in total. The summed E-state index contributed by atoms with van der Waals surface area (Å²) < 4.78 is 33.0. The van der Waals surface area contributed by atoms with E-state index in [-0.39, 0.29) is 10.6 Å². The minimum Gasteiger partial charge on any atom is -0.451 e. The number of para-hydroxylation sites is 1. The van der Waals surface area contributed by atoms with Crippen LogP contribution in [0.1, 0.15) is 24.3 Å². The van der Waals surface area contributed by atoms with Gasteiger partial charge in [-0.1, -0.05) is 32.0 Å². The third kappa shape index (κ3) is 4.60.